The first kappa shape index (κ1) is 6.65. The normalized spacial score (nSPS) is 13.5. The van der Waals surface area contributed by atoms with Crippen LogP contribution in [0.25, 0.3) is 17.8 Å². The number of hydrogen-bond donors (Lipinski definition) is 0. The minimum atomic E-state index is 0.860. The molecular weight excluding hydrogens is 164 g/mol. The lowest BCUT2D eigenvalue weighted by atomic mass is 10.5. The van der Waals surface area contributed by atoms with Gasteiger partial charge in [0, 0.05) is 37.5 Å². The molecule has 4 heteroatoms. The van der Waals surface area contributed by atoms with Crippen LogP contribution in [0.1, 0.15) is 0 Å². The number of rotatable bonds is 0. The Morgan fingerprint density at radius 2 is 1.92 bits per heavy atom. The Morgan fingerprint density at radius 1 is 1.08 bits per heavy atom. The van der Waals surface area contributed by atoms with Crippen LogP contribution in [0.5, 0.6) is 0 Å². The lowest BCUT2D eigenvalue weighted by molar-refractivity contribution is 0.832. The van der Waals surface area contributed by atoms with E-state index in [1.807, 2.05) is 23.2 Å². The van der Waals surface area contributed by atoms with Gasteiger partial charge in [-0.1, -0.05) is 0 Å². The molecule has 0 aliphatic carbocycles. The van der Waals surface area contributed by atoms with Gasteiger partial charge in [0.15, 0.2) is 11.6 Å². The molecule has 1 aliphatic rings. The quantitative estimate of drug-likeness (QED) is 0.599. The number of fused-ring (bicyclic) bond motifs is 3. The van der Waals surface area contributed by atoms with Crippen LogP contribution in [-0.2, 0) is 6.54 Å². The molecule has 0 fully saturated rings. The molecule has 2 aromatic rings. The van der Waals surface area contributed by atoms with E-state index in [9.17, 15) is 0 Å². The third-order valence-corrected chi connectivity index (χ3v) is 2.15. The fraction of sp³-hybridized carbons (Fsp3) is 0.111. The predicted molar refractivity (Wildman–Crippen MR) is 48.8 cm³/mol. The molecule has 0 atom stereocenters. The summed E-state index contributed by atoms with van der Waals surface area (Å²) < 4.78 is 4.05. The topological polar surface area (TPSA) is 35.6 Å². The summed E-state index contributed by atoms with van der Waals surface area (Å²) in [6.45, 7) is 0.860. The predicted octanol–water partition coefficient (Wildman–Crippen LogP) is 1.23. The highest BCUT2D eigenvalue weighted by Crippen LogP contribution is 2.18. The second kappa shape index (κ2) is 2.32. The Balaban J connectivity index is 2.34. The van der Waals surface area contributed by atoms with Gasteiger partial charge in [-0.05, 0) is 6.08 Å². The first-order chi connectivity index (χ1) is 6.45. The highest BCUT2D eigenvalue weighted by Gasteiger charge is 2.12. The Kier molecular flexibility index (Phi) is 1.19. The molecule has 0 saturated heterocycles. The molecule has 0 saturated carbocycles. The Hall–Kier alpha value is -1.84. The fourth-order valence-corrected chi connectivity index (χ4v) is 1.54. The molecule has 0 spiro atoms. The molecular formula is C9H8N4. The molecule has 0 unspecified atom stereocenters. The number of imidazole rings is 2. The van der Waals surface area contributed by atoms with Crippen molar-refractivity contribution in [2.45, 2.75) is 6.54 Å². The van der Waals surface area contributed by atoms with Gasteiger partial charge in [-0.3, -0.25) is 0 Å². The molecule has 0 radical (unpaired) electrons. The van der Waals surface area contributed by atoms with Gasteiger partial charge in [-0.15, -0.1) is 0 Å². The van der Waals surface area contributed by atoms with E-state index >= 15 is 0 Å². The monoisotopic (exact) mass is 172 g/mol. The van der Waals surface area contributed by atoms with E-state index < -0.39 is 0 Å². The molecule has 0 amide bonds. The molecule has 0 aromatic carbocycles. The van der Waals surface area contributed by atoms with Crippen LogP contribution in [-0.4, -0.2) is 19.1 Å². The second-order valence-corrected chi connectivity index (χ2v) is 2.95. The summed E-state index contributed by atoms with van der Waals surface area (Å²) in [5.74, 6) is 1.83. The number of allylic oxidation sites excluding steroid dienone is 1. The van der Waals surface area contributed by atoms with Gasteiger partial charge in [0.05, 0.1) is 0 Å². The molecule has 0 N–H and O–H groups in total. The lowest BCUT2D eigenvalue weighted by Gasteiger charge is -2.00. The average Bonchev–Trinajstić information content (AvgIpc) is 2.72. The zero-order valence-corrected chi connectivity index (χ0v) is 6.96. The lowest BCUT2D eigenvalue weighted by Crippen LogP contribution is -1.97. The van der Waals surface area contributed by atoms with Crippen LogP contribution in [0.2, 0.25) is 0 Å². The zero-order valence-electron chi connectivity index (χ0n) is 6.96. The van der Waals surface area contributed by atoms with E-state index in [4.69, 9.17) is 0 Å². The average molecular weight is 172 g/mol. The third kappa shape index (κ3) is 0.853. The van der Waals surface area contributed by atoms with Crippen LogP contribution in [0, 0.1) is 0 Å². The molecule has 1 aliphatic heterocycles. The van der Waals surface area contributed by atoms with Crippen LogP contribution in [0.4, 0.5) is 0 Å². The SMILES string of the molecule is C1=Cn2ccnc2-c2nccn2C1. The van der Waals surface area contributed by atoms with E-state index in [1.165, 1.54) is 0 Å². The maximum Gasteiger partial charge on any atom is 0.180 e. The standard InChI is InChI=1S/C9H8N4/c1-4-12-6-2-10-8(12)9-11-3-7-13(9)5-1/h1-4,6-7H,5H2. The summed E-state index contributed by atoms with van der Waals surface area (Å²) in [6, 6.07) is 0. The zero-order chi connectivity index (χ0) is 8.67. The van der Waals surface area contributed by atoms with Crippen molar-refractivity contribution < 1.29 is 0 Å². The minimum Gasteiger partial charge on any atom is -0.325 e. The van der Waals surface area contributed by atoms with Crippen LogP contribution in [0.3, 0.4) is 0 Å². The van der Waals surface area contributed by atoms with Gasteiger partial charge in [0.25, 0.3) is 0 Å². The van der Waals surface area contributed by atoms with Crippen LogP contribution in [0.15, 0.2) is 30.9 Å². The van der Waals surface area contributed by atoms with Gasteiger partial charge in [0.1, 0.15) is 0 Å². The fourth-order valence-electron chi connectivity index (χ4n) is 1.54. The van der Waals surface area contributed by atoms with Gasteiger partial charge < -0.3 is 9.13 Å². The van der Waals surface area contributed by atoms with Gasteiger partial charge >= 0.3 is 0 Å². The minimum absolute atomic E-state index is 0.860. The third-order valence-electron chi connectivity index (χ3n) is 2.15. The number of aromatic nitrogens is 4. The Labute approximate surface area is 75.2 Å². The van der Waals surface area contributed by atoms with Crippen LogP contribution < -0.4 is 0 Å². The van der Waals surface area contributed by atoms with E-state index in [2.05, 4.69) is 20.6 Å². The molecule has 0 bridgehead atoms. The Bertz CT molecular complexity index is 463. The van der Waals surface area contributed by atoms with E-state index in [0.29, 0.717) is 0 Å². The van der Waals surface area contributed by atoms with Crippen LogP contribution >= 0.6 is 0 Å². The van der Waals surface area contributed by atoms with Crippen molar-refractivity contribution in [2.24, 2.45) is 0 Å². The molecule has 2 aromatic heterocycles. The first-order valence-corrected chi connectivity index (χ1v) is 4.16. The van der Waals surface area contributed by atoms with Gasteiger partial charge in [-0.2, -0.15) is 0 Å². The summed E-state index contributed by atoms with van der Waals surface area (Å²) in [7, 11) is 0. The van der Waals surface area contributed by atoms with Crippen molar-refractivity contribution >= 4 is 6.20 Å². The molecule has 13 heavy (non-hydrogen) atoms. The van der Waals surface area contributed by atoms with E-state index in [-0.39, 0.29) is 0 Å². The van der Waals surface area contributed by atoms with Gasteiger partial charge in [-0.25, -0.2) is 9.97 Å². The summed E-state index contributed by atoms with van der Waals surface area (Å²) in [6.07, 6.45) is 11.6. The van der Waals surface area contributed by atoms with Crippen molar-refractivity contribution in [2.75, 3.05) is 0 Å². The van der Waals surface area contributed by atoms with E-state index in [1.54, 1.807) is 12.4 Å². The van der Waals surface area contributed by atoms with Gasteiger partial charge in [0.2, 0.25) is 0 Å². The van der Waals surface area contributed by atoms with Crippen molar-refractivity contribution in [1.82, 2.24) is 19.1 Å². The molecule has 3 heterocycles. The molecule has 64 valence electrons. The Morgan fingerprint density at radius 3 is 2.92 bits per heavy atom. The molecule has 4 nitrogen and oxygen atoms in total. The highest BCUT2D eigenvalue weighted by molar-refractivity contribution is 5.51. The first-order valence-electron chi connectivity index (χ1n) is 4.16. The largest absolute Gasteiger partial charge is 0.325 e. The summed E-state index contributed by atoms with van der Waals surface area (Å²) in [5, 5.41) is 0. The second-order valence-electron chi connectivity index (χ2n) is 2.95. The van der Waals surface area contributed by atoms with E-state index in [0.717, 1.165) is 18.2 Å². The smallest absolute Gasteiger partial charge is 0.180 e. The van der Waals surface area contributed by atoms with Crippen molar-refractivity contribution in [3.8, 4) is 11.6 Å². The molecule has 3 rings (SSSR count). The van der Waals surface area contributed by atoms with Crippen molar-refractivity contribution in [1.29, 1.82) is 0 Å². The van der Waals surface area contributed by atoms with Crippen molar-refractivity contribution in [3.63, 3.8) is 0 Å². The van der Waals surface area contributed by atoms with Crippen molar-refractivity contribution in [3.05, 3.63) is 30.9 Å². The maximum atomic E-state index is 4.27. The summed E-state index contributed by atoms with van der Waals surface area (Å²) in [5.41, 5.74) is 0. The number of hydrogen-bond acceptors (Lipinski definition) is 2. The number of nitrogens with zero attached hydrogens (tertiary/aromatic N) is 4. The summed E-state index contributed by atoms with van der Waals surface area (Å²) >= 11 is 0. The highest BCUT2D eigenvalue weighted by atomic mass is 15.2. The summed E-state index contributed by atoms with van der Waals surface area (Å²) in [4.78, 5) is 8.53. The maximum absolute atomic E-state index is 4.27.